The average Bonchev–Trinajstić information content (AvgIpc) is 2.42. The van der Waals surface area contributed by atoms with E-state index in [0.29, 0.717) is 6.54 Å². The van der Waals surface area contributed by atoms with E-state index in [1.54, 1.807) is 13.2 Å². The van der Waals surface area contributed by atoms with Crippen molar-refractivity contribution in [3.05, 3.63) is 57.5 Å². The van der Waals surface area contributed by atoms with Crippen LogP contribution in [-0.2, 0) is 6.54 Å². The van der Waals surface area contributed by atoms with Crippen LogP contribution in [0.2, 0.25) is 0 Å². The topological polar surface area (TPSA) is 70.1 Å². The van der Waals surface area contributed by atoms with Crippen molar-refractivity contribution in [2.45, 2.75) is 26.4 Å². The van der Waals surface area contributed by atoms with Crippen molar-refractivity contribution in [2.24, 2.45) is 5.73 Å². The van der Waals surface area contributed by atoms with Crippen LogP contribution in [0.15, 0.2) is 35.1 Å². The quantitative estimate of drug-likeness (QED) is 0.918. The predicted octanol–water partition coefficient (Wildman–Crippen LogP) is 1.57. The SMILES string of the molecule is COc1ccc(C)cc1C(N)Cn1nc(C)ccc1=O. The van der Waals surface area contributed by atoms with Crippen LogP contribution >= 0.6 is 0 Å². The van der Waals surface area contributed by atoms with Gasteiger partial charge in [0.2, 0.25) is 0 Å². The van der Waals surface area contributed by atoms with E-state index in [4.69, 9.17) is 10.5 Å². The van der Waals surface area contributed by atoms with E-state index in [0.717, 1.165) is 22.6 Å². The first kappa shape index (κ1) is 14.3. The van der Waals surface area contributed by atoms with E-state index in [1.807, 2.05) is 32.0 Å². The van der Waals surface area contributed by atoms with Crippen molar-refractivity contribution in [1.29, 1.82) is 0 Å². The standard InChI is InChI=1S/C15H19N3O2/c1-10-4-6-14(20-3)12(8-10)13(16)9-18-15(19)7-5-11(2)17-18/h4-8,13H,9,16H2,1-3H3. The van der Waals surface area contributed by atoms with Gasteiger partial charge in [-0.1, -0.05) is 17.7 Å². The summed E-state index contributed by atoms with van der Waals surface area (Å²) >= 11 is 0. The third-order valence-electron chi connectivity index (χ3n) is 3.15. The molecule has 0 aliphatic carbocycles. The molecule has 0 saturated heterocycles. The largest absolute Gasteiger partial charge is 0.496 e. The lowest BCUT2D eigenvalue weighted by atomic mass is 10.0. The van der Waals surface area contributed by atoms with Gasteiger partial charge < -0.3 is 10.5 Å². The molecule has 0 saturated carbocycles. The number of methoxy groups -OCH3 is 1. The van der Waals surface area contributed by atoms with Crippen molar-refractivity contribution >= 4 is 0 Å². The van der Waals surface area contributed by atoms with E-state index in [-0.39, 0.29) is 11.6 Å². The summed E-state index contributed by atoms with van der Waals surface area (Å²) in [5, 5.41) is 4.20. The molecular formula is C15H19N3O2. The van der Waals surface area contributed by atoms with Crippen LogP contribution in [0.1, 0.15) is 22.9 Å². The second kappa shape index (κ2) is 5.88. The summed E-state index contributed by atoms with van der Waals surface area (Å²) in [5.41, 5.74) is 8.82. The second-order valence-corrected chi connectivity index (χ2v) is 4.85. The molecule has 0 spiro atoms. The number of ether oxygens (including phenoxy) is 1. The molecule has 1 atom stereocenters. The van der Waals surface area contributed by atoms with E-state index in [1.165, 1.54) is 10.7 Å². The molecule has 106 valence electrons. The van der Waals surface area contributed by atoms with Gasteiger partial charge in [0.25, 0.3) is 5.56 Å². The number of hydrogen-bond acceptors (Lipinski definition) is 4. The van der Waals surface area contributed by atoms with Gasteiger partial charge >= 0.3 is 0 Å². The highest BCUT2D eigenvalue weighted by molar-refractivity contribution is 5.38. The van der Waals surface area contributed by atoms with Crippen LogP contribution in [0.4, 0.5) is 0 Å². The number of hydrogen-bond donors (Lipinski definition) is 1. The minimum atomic E-state index is -0.350. The Morgan fingerprint density at radius 3 is 2.75 bits per heavy atom. The number of benzene rings is 1. The van der Waals surface area contributed by atoms with Crippen molar-refractivity contribution in [2.75, 3.05) is 7.11 Å². The molecular weight excluding hydrogens is 254 g/mol. The Kier molecular flexibility index (Phi) is 4.20. The zero-order valence-electron chi connectivity index (χ0n) is 12.0. The molecule has 1 heterocycles. The minimum Gasteiger partial charge on any atom is -0.496 e. The van der Waals surface area contributed by atoms with Gasteiger partial charge in [0, 0.05) is 11.6 Å². The van der Waals surface area contributed by atoms with Gasteiger partial charge in [0.1, 0.15) is 5.75 Å². The third-order valence-corrected chi connectivity index (χ3v) is 3.15. The zero-order chi connectivity index (χ0) is 14.7. The highest BCUT2D eigenvalue weighted by atomic mass is 16.5. The third kappa shape index (κ3) is 3.05. The van der Waals surface area contributed by atoms with Crippen LogP contribution < -0.4 is 16.0 Å². The first-order chi connectivity index (χ1) is 9.51. The van der Waals surface area contributed by atoms with Gasteiger partial charge in [0.15, 0.2) is 0 Å². The highest BCUT2D eigenvalue weighted by Gasteiger charge is 2.14. The first-order valence-corrected chi connectivity index (χ1v) is 6.46. The predicted molar refractivity (Wildman–Crippen MR) is 77.9 cm³/mol. The Bertz CT molecular complexity index is 664. The molecule has 0 amide bonds. The Morgan fingerprint density at radius 2 is 2.05 bits per heavy atom. The highest BCUT2D eigenvalue weighted by Crippen LogP contribution is 2.25. The van der Waals surface area contributed by atoms with Crippen molar-refractivity contribution < 1.29 is 4.74 Å². The van der Waals surface area contributed by atoms with Gasteiger partial charge in [-0.15, -0.1) is 0 Å². The molecule has 1 aromatic heterocycles. The average molecular weight is 273 g/mol. The van der Waals surface area contributed by atoms with Crippen LogP contribution in [0.3, 0.4) is 0 Å². The molecule has 20 heavy (non-hydrogen) atoms. The summed E-state index contributed by atoms with van der Waals surface area (Å²) in [6.45, 7) is 4.15. The van der Waals surface area contributed by atoms with Crippen LogP contribution in [0.5, 0.6) is 5.75 Å². The summed E-state index contributed by atoms with van der Waals surface area (Å²) in [5.74, 6) is 0.726. The Balaban J connectivity index is 2.32. The maximum absolute atomic E-state index is 11.8. The van der Waals surface area contributed by atoms with Gasteiger partial charge in [-0.05, 0) is 26.0 Å². The minimum absolute atomic E-state index is 0.155. The number of aromatic nitrogens is 2. The Hall–Kier alpha value is -2.14. The Morgan fingerprint density at radius 1 is 1.30 bits per heavy atom. The Labute approximate surface area is 118 Å². The van der Waals surface area contributed by atoms with Gasteiger partial charge in [-0.3, -0.25) is 4.79 Å². The van der Waals surface area contributed by atoms with Crippen molar-refractivity contribution in [3.63, 3.8) is 0 Å². The fourth-order valence-corrected chi connectivity index (χ4v) is 2.11. The smallest absolute Gasteiger partial charge is 0.266 e. The molecule has 2 N–H and O–H groups in total. The van der Waals surface area contributed by atoms with Gasteiger partial charge in [-0.2, -0.15) is 5.10 Å². The fraction of sp³-hybridized carbons (Fsp3) is 0.333. The monoisotopic (exact) mass is 273 g/mol. The molecule has 5 nitrogen and oxygen atoms in total. The summed E-state index contributed by atoms with van der Waals surface area (Å²) in [7, 11) is 1.61. The molecule has 0 bridgehead atoms. The lowest BCUT2D eigenvalue weighted by Crippen LogP contribution is -2.28. The molecule has 1 unspecified atom stereocenters. The van der Waals surface area contributed by atoms with Gasteiger partial charge in [0.05, 0.1) is 25.4 Å². The van der Waals surface area contributed by atoms with E-state index in [9.17, 15) is 4.79 Å². The normalized spacial score (nSPS) is 12.2. The number of nitrogens with two attached hydrogens (primary N) is 1. The maximum atomic E-state index is 11.8. The molecule has 0 aliphatic heterocycles. The summed E-state index contributed by atoms with van der Waals surface area (Å²) in [6, 6.07) is 8.67. The molecule has 0 fully saturated rings. The molecule has 2 aromatic rings. The lowest BCUT2D eigenvalue weighted by Gasteiger charge is -2.17. The van der Waals surface area contributed by atoms with Crippen LogP contribution in [0.25, 0.3) is 0 Å². The summed E-state index contributed by atoms with van der Waals surface area (Å²) < 4.78 is 6.72. The first-order valence-electron chi connectivity index (χ1n) is 6.46. The molecule has 5 heteroatoms. The van der Waals surface area contributed by atoms with Crippen molar-refractivity contribution in [3.8, 4) is 5.75 Å². The lowest BCUT2D eigenvalue weighted by molar-refractivity contribution is 0.398. The number of rotatable bonds is 4. The maximum Gasteiger partial charge on any atom is 0.266 e. The molecule has 1 aromatic carbocycles. The summed E-state index contributed by atoms with van der Waals surface area (Å²) in [4.78, 5) is 11.8. The van der Waals surface area contributed by atoms with Crippen LogP contribution in [-0.4, -0.2) is 16.9 Å². The molecule has 0 aliphatic rings. The molecule has 0 radical (unpaired) electrons. The number of nitrogens with zero attached hydrogens (tertiary/aromatic N) is 2. The van der Waals surface area contributed by atoms with E-state index in [2.05, 4.69) is 5.10 Å². The number of aryl methyl sites for hydroxylation is 2. The van der Waals surface area contributed by atoms with Gasteiger partial charge in [-0.25, -0.2) is 4.68 Å². The van der Waals surface area contributed by atoms with Crippen LogP contribution in [0, 0.1) is 13.8 Å². The second-order valence-electron chi connectivity index (χ2n) is 4.85. The summed E-state index contributed by atoms with van der Waals surface area (Å²) in [6.07, 6.45) is 0. The van der Waals surface area contributed by atoms with Crippen molar-refractivity contribution in [1.82, 2.24) is 9.78 Å². The fourth-order valence-electron chi connectivity index (χ4n) is 2.11. The molecule has 2 rings (SSSR count). The van der Waals surface area contributed by atoms with E-state index < -0.39 is 0 Å². The van der Waals surface area contributed by atoms with E-state index >= 15 is 0 Å². The zero-order valence-corrected chi connectivity index (χ0v) is 12.0.